The lowest BCUT2D eigenvalue weighted by atomic mass is 9.97. The van der Waals surface area contributed by atoms with Crippen LogP contribution in [0, 0.1) is 17.5 Å². The highest BCUT2D eigenvalue weighted by molar-refractivity contribution is 6.04. The Morgan fingerprint density at radius 2 is 1.52 bits per heavy atom. The minimum Gasteiger partial charge on any atom is -0.332 e. The molecule has 168 valence electrons. The van der Waals surface area contributed by atoms with Gasteiger partial charge in [-0.05, 0) is 24.3 Å². The van der Waals surface area contributed by atoms with E-state index >= 15 is 0 Å². The standard InChI is InChI=1S/C25H20F3N3O2/c1-30(25(33)18-10-4-7-13-21(18)28)15-24(32)31-23(17-9-3-6-12-20(17)27)14-22(29-31)16-8-2-5-11-19(16)26/h2-13,23H,14-15H2,1H3. The molecule has 1 aliphatic heterocycles. The first-order chi connectivity index (χ1) is 15.9. The van der Waals surface area contributed by atoms with E-state index < -0.39 is 41.9 Å². The fraction of sp³-hybridized carbons (Fsp3) is 0.160. The van der Waals surface area contributed by atoms with Crippen LogP contribution in [0.2, 0.25) is 0 Å². The zero-order valence-electron chi connectivity index (χ0n) is 17.7. The molecule has 3 aromatic carbocycles. The van der Waals surface area contributed by atoms with Gasteiger partial charge in [0.15, 0.2) is 0 Å². The van der Waals surface area contributed by atoms with Crippen LogP contribution in [0.25, 0.3) is 0 Å². The van der Waals surface area contributed by atoms with Gasteiger partial charge in [0.05, 0.1) is 17.3 Å². The van der Waals surface area contributed by atoms with E-state index in [0.29, 0.717) is 0 Å². The van der Waals surface area contributed by atoms with Crippen molar-refractivity contribution in [2.45, 2.75) is 12.5 Å². The molecule has 8 heteroatoms. The van der Waals surface area contributed by atoms with E-state index in [1.807, 2.05) is 0 Å². The third-order valence-corrected chi connectivity index (χ3v) is 5.44. The maximum Gasteiger partial charge on any atom is 0.262 e. The number of benzene rings is 3. The number of nitrogens with zero attached hydrogens (tertiary/aromatic N) is 3. The molecule has 33 heavy (non-hydrogen) atoms. The van der Waals surface area contributed by atoms with E-state index in [-0.39, 0.29) is 28.8 Å². The molecule has 0 saturated heterocycles. The fourth-order valence-electron chi connectivity index (χ4n) is 3.77. The number of carbonyl (C=O) groups is 2. The van der Waals surface area contributed by atoms with Crippen molar-refractivity contribution < 1.29 is 22.8 Å². The van der Waals surface area contributed by atoms with E-state index in [9.17, 15) is 22.8 Å². The van der Waals surface area contributed by atoms with Gasteiger partial charge >= 0.3 is 0 Å². The zero-order valence-corrected chi connectivity index (χ0v) is 17.7. The Balaban J connectivity index is 1.63. The number of rotatable bonds is 5. The van der Waals surface area contributed by atoms with Crippen molar-refractivity contribution in [2.24, 2.45) is 5.10 Å². The number of hydrogen-bond acceptors (Lipinski definition) is 3. The van der Waals surface area contributed by atoms with Crippen LogP contribution in [0.5, 0.6) is 0 Å². The van der Waals surface area contributed by atoms with Gasteiger partial charge in [0.1, 0.15) is 24.0 Å². The topological polar surface area (TPSA) is 53.0 Å². The summed E-state index contributed by atoms with van der Waals surface area (Å²) in [6, 6.07) is 16.6. The first-order valence-electron chi connectivity index (χ1n) is 10.3. The molecule has 0 fully saturated rings. The highest BCUT2D eigenvalue weighted by Gasteiger charge is 2.36. The fourth-order valence-corrected chi connectivity index (χ4v) is 3.77. The lowest BCUT2D eigenvalue weighted by Crippen LogP contribution is -2.39. The molecule has 1 unspecified atom stereocenters. The van der Waals surface area contributed by atoms with Crippen molar-refractivity contribution in [3.8, 4) is 0 Å². The minimum atomic E-state index is -0.815. The maximum atomic E-state index is 14.6. The Hall–Kier alpha value is -3.94. The number of carbonyl (C=O) groups excluding carboxylic acids is 2. The van der Waals surface area contributed by atoms with E-state index in [0.717, 1.165) is 16.0 Å². The Morgan fingerprint density at radius 3 is 2.18 bits per heavy atom. The van der Waals surface area contributed by atoms with Crippen LogP contribution in [0.15, 0.2) is 77.9 Å². The Kier molecular flexibility index (Phi) is 6.26. The summed E-state index contributed by atoms with van der Waals surface area (Å²) in [5, 5.41) is 5.38. The molecule has 1 aliphatic rings. The first kappa shape index (κ1) is 22.3. The van der Waals surface area contributed by atoms with Gasteiger partial charge in [-0.15, -0.1) is 0 Å². The van der Waals surface area contributed by atoms with Crippen molar-refractivity contribution in [1.29, 1.82) is 0 Å². The van der Waals surface area contributed by atoms with E-state index in [4.69, 9.17) is 0 Å². The van der Waals surface area contributed by atoms with Gasteiger partial charge in [0.25, 0.3) is 11.8 Å². The van der Waals surface area contributed by atoms with Crippen molar-refractivity contribution in [3.63, 3.8) is 0 Å². The summed E-state index contributed by atoms with van der Waals surface area (Å²) in [6.45, 7) is -0.424. The molecular weight excluding hydrogens is 431 g/mol. The average molecular weight is 451 g/mol. The lowest BCUT2D eigenvalue weighted by molar-refractivity contribution is -0.133. The van der Waals surface area contributed by atoms with Crippen molar-refractivity contribution in [1.82, 2.24) is 9.91 Å². The molecule has 0 N–H and O–H groups in total. The van der Waals surface area contributed by atoms with Crippen LogP contribution in [-0.2, 0) is 4.79 Å². The number of amides is 2. The predicted molar refractivity (Wildman–Crippen MR) is 117 cm³/mol. The molecule has 5 nitrogen and oxygen atoms in total. The predicted octanol–water partition coefficient (Wildman–Crippen LogP) is 4.55. The normalized spacial score (nSPS) is 15.3. The Labute approximate surface area is 188 Å². The van der Waals surface area contributed by atoms with Gasteiger partial charge in [0.2, 0.25) is 0 Å². The molecule has 0 aliphatic carbocycles. The quantitative estimate of drug-likeness (QED) is 0.571. The minimum absolute atomic E-state index is 0.0958. The second-order valence-electron chi connectivity index (χ2n) is 7.65. The summed E-state index contributed by atoms with van der Waals surface area (Å²) in [4.78, 5) is 26.8. The molecule has 0 spiro atoms. The number of hydrogen-bond donors (Lipinski definition) is 0. The number of halogens is 3. The molecule has 4 rings (SSSR count). The van der Waals surface area contributed by atoms with Crippen LogP contribution >= 0.6 is 0 Å². The van der Waals surface area contributed by atoms with Gasteiger partial charge in [-0.2, -0.15) is 5.10 Å². The molecule has 1 atom stereocenters. The van der Waals surface area contributed by atoms with Crippen molar-refractivity contribution in [3.05, 3.63) is 107 Å². The van der Waals surface area contributed by atoms with E-state index in [1.54, 1.807) is 12.1 Å². The Morgan fingerprint density at radius 1 is 0.909 bits per heavy atom. The van der Waals surface area contributed by atoms with Gasteiger partial charge < -0.3 is 4.90 Å². The SMILES string of the molecule is CN(CC(=O)N1N=C(c2ccccc2F)CC1c1ccccc1F)C(=O)c1ccccc1F. The third-order valence-electron chi connectivity index (χ3n) is 5.44. The van der Waals surface area contributed by atoms with Crippen LogP contribution in [0.3, 0.4) is 0 Å². The summed E-state index contributed by atoms with van der Waals surface area (Å²) in [5.41, 5.74) is 0.558. The average Bonchev–Trinajstić information content (AvgIpc) is 3.24. The molecule has 2 amide bonds. The number of likely N-dealkylation sites (N-methyl/N-ethyl adjacent to an activating group) is 1. The molecular formula is C25H20F3N3O2. The summed E-state index contributed by atoms with van der Waals surface area (Å²) < 4.78 is 42.9. The van der Waals surface area contributed by atoms with Gasteiger partial charge in [-0.3, -0.25) is 9.59 Å². The van der Waals surface area contributed by atoms with Gasteiger partial charge in [-0.1, -0.05) is 48.5 Å². The van der Waals surface area contributed by atoms with Crippen LogP contribution in [-0.4, -0.2) is 41.0 Å². The zero-order chi connectivity index (χ0) is 23.5. The molecule has 0 saturated carbocycles. The highest BCUT2D eigenvalue weighted by Crippen LogP contribution is 2.34. The summed E-state index contributed by atoms with van der Waals surface area (Å²) in [7, 11) is 1.36. The molecule has 0 aromatic heterocycles. The molecule has 0 radical (unpaired) electrons. The molecule has 1 heterocycles. The largest absolute Gasteiger partial charge is 0.332 e. The smallest absolute Gasteiger partial charge is 0.262 e. The second-order valence-corrected chi connectivity index (χ2v) is 7.65. The Bertz CT molecular complexity index is 1240. The summed E-state index contributed by atoms with van der Waals surface area (Å²) in [5.74, 6) is -3.03. The van der Waals surface area contributed by atoms with Gasteiger partial charge in [-0.25, -0.2) is 18.2 Å². The molecule has 0 bridgehead atoms. The van der Waals surface area contributed by atoms with Crippen molar-refractivity contribution >= 4 is 17.5 Å². The lowest BCUT2D eigenvalue weighted by Gasteiger charge is -2.25. The number of hydrazone groups is 1. The van der Waals surface area contributed by atoms with Gasteiger partial charge in [0, 0.05) is 24.6 Å². The van der Waals surface area contributed by atoms with E-state index in [2.05, 4.69) is 5.10 Å². The second kappa shape index (κ2) is 9.28. The molecule has 3 aromatic rings. The third kappa shape index (κ3) is 4.50. The summed E-state index contributed by atoms with van der Waals surface area (Å²) >= 11 is 0. The van der Waals surface area contributed by atoms with Crippen LogP contribution in [0.1, 0.15) is 33.9 Å². The van der Waals surface area contributed by atoms with Crippen LogP contribution < -0.4 is 0 Å². The summed E-state index contributed by atoms with van der Waals surface area (Å²) in [6.07, 6.45) is 0.0958. The van der Waals surface area contributed by atoms with E-state index in [1.165, 1.54) is 61.6 Å². The monoisotopic (exact) mass is 451 g/mol. The maximum absolute atomic E-state index is 14.6. The van der Waals surface area contributed by atoms with Crippen molar-refractivity contribution in [2.75, 3.05) is 13.6 Å². The first-order valence-corrected chi connectivity index (χ1v) is 10.3. The highest BCUT2D eigenvalue weighted by atomic mass is 19.1. The van der Waals surface area contributed by atoms with Crippen LogP contribution in [0.4, 0.5) is 13.2 Å².